The Hall–Kier alpha value is -3.68. The van der Waals surface area contributed by atoms with Gasteiger partial charge in [0.15, 0.2) is 5.78 Å². The van der Waals surface area contributed by atoms with Crippen LogP contribution >= 0.6 is 0 Å². The molecule has 214 valence electrons. The standard InChI is InChI=1S/C32H42N4O4/c1-20(2)18-25(33-29(38)21-10-14-24(15-11-21)34(6)7)31(40)35-17-16-26-28(35)27(37)19-36(26)30(39)22-8-12-23(13-9-22)32(3,4)5/h8-15,20,25-26,28H,16-19H2,1-7H3,(H,33,38). The largest absolute Gasteiger partial charge is 0.378 e. The van der Waals surface area contributed by atoms with Crippen molar-refractivity contribution in [3.63, 3.8) is 0 Å². The minimum Gasteiger partial charge on any atom is -0.378 e. The molecule has 2 saturated heterocycles. The second kappa shape index (κ2) is 11.4. The van der Waals surface area contributed by atoms with Gasteiger partial charge in [-0.3, -0.25) is 19.2 Å². The summed E-state index contributed by atoms with van der Waals surface area (Å²) < 4.78 is 0. The summed E-state index contributed by atoms with van der Waals surface area (Å²) in [5.74, 6) is -0.768. The molecule has 1 N–H and O–H groups in total. The average Bonchev–Trinajstić information content (AvgIpc) is 3.48. The summed E-state index contributed by atoms with van der Waals surface area (Å²) in [4.78, 5) is 58.7. The van der Waals surface area contributed by atoms with E-state index in [4.69, 9.17) is 0 Å². The monoisotopic (exact) mass is 546 g/mol. The number of hydrogen-bond acceptors (Lipinski definition) is 5. The third-order valence-corrected chi connectivity index (χ3v) is 7.92. The Balaban J connectivity index is 1.49. The Morgan fingerprint density at radius 2 is 1.55 bits per heavy atom. The maximum atomic E-state index is 13.8. The van der Waals surface area contributed by atoms with Crippen molar-refractivity contribution in [1.29, 1.82) is 0 Å². The summed E-state index contributed by atoms with van der Waals surface area (Å²) in [6, 6.07) is 12.9. The van der Waals surface area contributed by atoms with Crippen LogP contribution in [0.4, 0.5) is 5.69 Å². The minimum atomic E-state index is -0.762. The molecular weight excluding hydrogens is 504 g/mol. The first-order valence-electron chi connectivity index (χ1n) is 14.1. The minimum absolute atomic E-state index is 0.0155. The summed E-state index contributed by atoms with van der Waals surface area (Å²) in [5, 5.41) is 2.93. The number of carbonyl (C=O) groups is 4. The third kappa shape index (κ3) is 6.06. The lowest BCUT2D eigenvalue weighted by Crippen LogP contribution is -2.53. The Morgan fingerprint density at radius 1 is 0.950 bits per heavy atom. The van der Waals surface area contributed by atoms with Crippen molar-refractivity contribution in [1.82, 2.24) is 15.1 Å². The van der Waals surface area contributed by atoms with E-state index >= 15 is 0 Å². The molecule has 0 radical (unpaired) electrons. The number of nitrogens with one attached hydrogen (secondary N) is 1. The van der Waals surface area contributed by atoms with Crippen molar-refractivity contribution >= 4 is 29.2 Å². The molecular formula is C32H42N4O4. The molecule has 4 rings (SSSR count). The number of nitrogens with zero attached hydrogens (tertiary/aromatic N) is 3. The van der Waals surface area contributed by atoms with Crippen LogP contribution in [0.25, 0.3) is 0 Å². The van der Waals surface area contributed by atoms with Crippen LogP contribution in [0, 0.1) is 5.92 Å². The molecule has 40 heavy (non-hydrogen) atoms. The topological polar surface area (TPSA) is 90.0 Å². The van der Waals surface area contributed by atoms with E-state index in [-0.39, 0.29) is 47.4 Å². The molecule has 8 heteroatoms. The SMILES string of the molecule is CC(C)CC(NC(=O)c1ccc(N(C)C)cc1)C(=O)N1CCC2C1C(=O)CN2C(=O)c1ccc(C(C)(C)C)cc1. The second-order valence-corrected chi connectivity index (χ2v) is 12.7. The molecule has 0 spiro atoms. The van der Waals surface area contributed by atoms with E-state index in [2.05, 4.69) is 26.1 Å². The maximum absolute atomic E-state index is 13.8. The van der Waals surface area contributed by atoms with Gasteiger partial charge in [-0.25, -0.2) is 0 Å². The van der Waals surface area contributed by atoms with Gasteiger partial charge < -0.3 is 20.0 Å². The fourth-order valence-electron chi connectivity index (χ4n) is 5.66. The molecule has 2 aliphatic heterocycles. The molecule has 8 nitrogen and oxygen atoms in total. The van der Waals surface area contributed by atoms with Crippen molar-refractivity contribution in [2.24, 2.45) is 5.92 Å². The zero-order chi connectivity index (χ0) is 29.4. The van der Waals surface area contributed by atoms with Gasteiger partial charge in [-0.2, -0.15) is 0 Å². The van der Waals surface area contributed by atoms with Gasteiger partial charge in [-0.05, 0) is 66.1 Å². The Morgan fingerprint density at radius 3 is 2.10 bits per heavy atom. The van der Waals surface area contributed by atoms with Crippen molar-refractivity contribution in [3.05, 3.63) is 65.2 Å². The smallest absolute Gasteiger partial charge is 0.254 e. The van der Waals surface area contributed by atoms with E-state index in [0.29, 0.717) is 30.5 Å². The molecule has 0 bridgehead atoms. The van der Waals surface area contributed by atoms with E-state index in [0.717, 1.165) is 11.3 Å². The highest BCUT2D eigenvalue weighted by molar-refractivity contribution is 6.03. The highest BCUT2D eigenvalue weighted by atomic mass is 16.2. The van der Waals surface area contributed by atoms with Gasteiger partial charge in [0.05, 0.1) is 12.6 Å². The fourth-order valence-corrected chi connectivity index (χ4v) is 5.66. The highest BCUT2D eigenvalue weighted by Crippen LogP contribution is 2.32. The molecule has 2 aromatic carbocycles. The zero-order valence-corrected chi connectivity index (χ0v) is 24.7. The Bertz CT molecular complexity index is 1260. The number of Topliss-reactive ketones (excluding diaryl/α,β-unsaturated/α-hetero) is 1. The number of anilines is 1. The molecule has 2 aromatic rings. The van der Waals surface area contributed by atoms with Gasteiger partial charge in [0.1, 0.15) is 12.1 Å². The van der Waals surface area contributed by atoms with Gasteiger partial charge in [0.2, 0.25) is 5.91 Å². The van der Waals surface area contributed by atoms with Gasteiger partial charge in [0.25, 0.3) is 11.8 Å². The van der Waals surface area contributed by atoms with Gasteiger partial charge >= 0.3 is 0 Å². The van der Waals surface area contributed by atoms with E-state index in [1.165, 1.54) is 0 Å². The van der Waals surface area contributed by atoms with Crippen LogP contribution in [-0.4, -0.2) is 78.6 Å². The maximum Gasteiger partial charge on any atom is 0.254 e. The Labute approximate surface area is 237 Å². The first kappa shape index (κ1) is 29.3. The molecule has 2 fully saturated rings. The molecule has 3 amide bonds. The van der Waals surface area contributed by atoms with Crippen molar-refractivity contribution < 1.29 is 19.2 Å². The lowest BCUT2D eigenvalue weighted by Gasteiger charge is -2.29. The summed E-state index contributed by atoms with van der Waals surface area (Å²) >= 11 is 0. The van der Waals surface area contributed by atoms with Gasteiger partial charge in [-0.15, -0.1) is 0 Å². The summed E-state index contributed by atoms with van der Waals surface area (Å²) in [6.45, 7) is 10.7. The van der Waals surface area contributed by atoms with Crippen LogP contribution in [0.15, 0.2) is 48.5 Å². The number of ketones is 1. The van der Waals surface area contributed by atoms with E-state index in [1.54, 1.807) is 21.9 Å². The second-order valence-electron chi connectivity index (χ2n) is 12.7. The van der Waals surface area contributed by atoms with Crippen LogP contribution in [0.1, 0.15) is 73.7 Å². The highest BCUT2D eigenvalue weighted by Gasteiger charge is 2.52. The van der Waals surface area contributed by atoms with Crippen LogP contribution in [0.2, 0.25) is 0 Å². The number of rotatable bonds is 7. The molecule has 0 saturated carbocycles. The first-order valence-corrected chi connectivity index (χ1v) is 14.1. The quantitative estimate of drug-likeness (QED) is 0.569. The van der Waals surface area contributed by atoms with E-state index < -0.39 is 12.1 Å². The van der Waals surface area contributed by atoms with E-state index in [1.807, 2.05) is 69.2 Å². The normalized spacial score (nSPS) is 19.6. The predicted molar refractivity (Wildman–Crippen MR) is 157 cm³/mol. The molecule has 0 aliphatic carbocycles. The number of amides is 3. The summed E-state index contributed by atoms with van der Waals surface area (Å²) in [7, 11) is 3.86. The third-order valence-electron chi connectivity index (χ3n) is 7.92. The van der Waals surface area contributed by atoms with Crippen LogP contribution in [0.5, 0.6) is 0 Å². The van der Waals surface area contributed by atoms with Crippen LogP contribution < -0.4 is 10.2 Å². The number of hydrogen-bond donors (Lipinski definition) is 1. The fraction of sp³-hybridized carbons (Fsp3) is 0.500. The van der Waals surface area contributed by atoms with Crippen molar-refractivity contribution in [2.75, 3.05) is 32.1 Å². The molecule has 3 atom stereocenters. The van der Waals surface area contributed by atoms with Crippen molar-refractivity contribution in [2.45, 2.75) is 71.0 Å². The molecule has 2 aliphatic rings. The van der Waals surface area contributed by atoms with Crippen LogP contribution in [-0.2, 0) is 15.0 Å². The van der Waals surface area contributed by atoms with Crippen molar-refractivity contribution in [3.8, 4) is 0 Å². The molecule has 3 unspecified atom stereocenters. The average molecular weight is 547 g/mol. The first-order chi connectivity index (χ1) is 18.8. The zero-order valence-electron chi connectivity index (χ0n) is 24.7. The van der Waals surface area contributed by atoms with Gasteiger partial charge in [-0.1, -0.05) is 46.8 Å². The Kier molecular flexibility index (Phi) is 8.38. The van der Waals surface area contributed by atoms with Gasteiger partial charge in [0, 0.05) is 37.5 Å². The molecule has 2 heterocycles. The van der Waals surface area contributed by atoms with Crippen LogP contribution in [0.3, 0.4) is 0 Å². The predicted octanol–water partition coefficient (Wildman–Crippen LogP) is 3.89. The lowest BCUT2D eigenvalue weighted by atomic mass is 9.86. The number of likely N-dealkylation sites (tertiary alicyclic amines) is 2. The molecule has 0 aromatic heterocycles. The van der Waals surface area contributed by atoms with E-state index in [9.17, 15) is 19.2 Å². The summed E-state index contributed by atoms with van der Waals surface area (Å²) in [5.41, 5.74) is 3.08. The summed E-state index contributed by atoms with van der Waals surface area (Å²) in [6.07, 6.45) is 0.980. The number of fused-ring (bicyclic) bond motifs is 1. The lowest BCUT2D eigenvalue weighted by molar-refractivity contribution is -0.138. The number of carbonyl (C=O) groups excluding carboxylic acids is 4. The number of benzene rings is 2.